The molecule has 1 N–H and O–H groups in total. The molecule has 0 aliphatic carbocycles. The van der Waals surface area contributed by atoms with Gasteiger partial charge in [-0.25, -0.2) is 0 Å². The topological polar surface area (TPSA) is 47.6 Å². The van der Waals surface area contributed by atoms with E-state index in [0.717, 1.165) is 16.0 Å². The highest BCUT2D eigenvalue weighted by atomic mass is 32.1. The molecule has 0 aliphatic heterocycles. The summed E-state index contributed by atoms with van der Waals surface area (Å²) in [5.41, 5.74) is 2.08. The molecule has 1 aromatic carbocycles. The summed E-state index contributed by atoms with van der Waals surface area (Å²) >= 11 is 1.59. The van der Waals surface area contributed by atoms with Crippen LogP contribution in [0.15, 0.2) is 29.6 Å². The summed E-state index contributed by atoms with van der Waals surface area (Å²) in [5.74, 6) is 1.39. The van der Waals surface area contributed by atoms with E-state index in [2.05, 4.69) is 5.32 Å². The van der Waals surface area contributed by atoms with E-state index < -0.39 is 0 Å². The zero-order chi connectivity index (χ0) is 15.2. The Kier molecular flexibility index (Phi) is 5.22. The summed E-state index contributed by atoms with van der Waals surface area (Å²) in [4.78, 5) is 13.0. The van der Waals surface area contributed by atoms with Gasteiger partial charge in [-0.1, -0.05) is 6.07 Å². The fourth-order valence-electron chi connectivity index (χ4n) is 2.04. The van der Waals surface area contributed by atoms with Crippen molar-refractivity contribution in [2.24, 2.45) is 0 Å². The normalized spacial score (nSPS) is 10.2. The molecule has 4 nitrogen and oxygen atoms in total. The molecular formula is C16H19NO3S. The first-order valence-electron chi connectivity index (χ1n) is 6.64. The Bertz CT molecular complexity index is 608. The standard InChI is InChI=1S/C16H19NO3S/c1-11-7-14(19-2)15(20-3)8-12(11)10-17-16(18)9-13-5-4-6-21-13/h4-8H,9-10H2,1-3H3,(H,17,18). The quantitative estimate of drug-likeness (QED) is 0.892. The molecule has 0 aliphatic rings. The van der Waals surface area contributed by atoms with Crippen LogP contribution in [0.4, 0.5) is 0 Å². The monoisotopic (exact) mass is 305 g/mol. The molecule has 0 radical (unpaired) electrons. The molecule has 1 heterocycles. The number of benzene rings is 1. The lowest BCUT2D eigenvalue weighted by molar-refractivity contribution is -0.120. The molecule has 0 bridgehead atoms. The maximum absolute atomic E-state index is 11.9. The second-order valence-electron chi connectivity index (χ2n) is 4.67. The van der Waals surface area contributed by atoms with Crippen molar-refractivity contribution in [3.8, 4) is 11.5 Å². The summed E-state index contributed by atoms with van der Waals surface area (Å²) in [6, 6.07) is 7.73. The molecule has 21 heavy (non-hydrogen) atoms. The van der Waals surface area contributed by atoms with Crippen molar-refractivity contribution in [3.63, 3.8) is 0 Å². The summed E-state index contributed by atoms with van der Waals surface area (Å²) in [5, 5.41) is 4.91. The van der Waals surface area contributed by atoms with Gasteiger partial charge in [-0.05, 0) is 41.6 Å². The molecular weight excluding hydrogens is 286 g/mol. The van der Waals surface area contributed by atoms with Gasteiger partial charge in [0.1, 0.15) is 0 Å². The van der Waals surface area contributed by atoms with E-state index in [1.165, 1.54) is 0 Å². The Morgan fingerprint density at radius 2 is 1.95 bits per heavy atom. The number of nitrogens with one attached hydrogen (secondary N) is 1. The molecule has 1 amide bonds. The van der Waals surface area contributed by atoms with Crippen molar-refractivity contribution in [1.29, 1.82) is 0 Å². The van der Waals surface area contributed by atoms with Crippen LogP contribution in [0.3, 0.4) is 0 Å². The number of carbonyl (C=O) groups excluding carboxylic acids is 1. The Labute approximate surface area is 128 Å². The lowest BCUT2D eigenvalue weighted by atomic mass is 10.1. The zero-order valence-electron chi connectivity index (χ0n) is 12.4. The average Bonchev–Trinajstić information content (AvgIpc) is 2.98. The summed E-state index contributed by atoms with van der Waals surface area (Å²) < 4.78 is 10.5. The van der Waals surface area contributed by atoms with Crippen LogP contribution in [0.5, 0.6) is 11.5 Å². The SMILES string of the molecule is COc1cc(C)c(CNC(=O)Cc2cccs2)cc1OC. The van der Waals surface area contributed by atoms with Crippen molar-refractivity contribution < 1.29 is 14.3 Å². The third kappa shape index (κ3) is 3.98. The smallest absolute Gasteiger partial charge is 0.225 e. The second-order valence-corrected chi connectivity index (χ2v) is 5.70. The predicted octanol–water partition coefficient (Wildman–Crippen LogP) is 2.93. The summed E-state index contributed by atoms with van der Waals surface area (Å²) in [7, 11) is 3.21. The number of rotatable bonds is 6. The Morgan fingerprint density at radius 3 is 2.57 bits per heavy atom. The molecule has 1 aromatic heterocycles. The lowest BCUT2D eigenvalue weighted by Crippen LogP contribution is -2.24. The number of hydrogen-bond acceptors (Lipinski definition) is 4. The van der Waals surface area contributed by atoms with Crippen LogP contribution in [0.2, 0.25) is 0 Å². The minimum absolute atomic E-state index is 0.0200. The van der Waals surface area contributed by atoms with Crippen LogP contribution in [0, 0.1) is 6.92 Å². The fraction of sp³-hybridized carbons (Fsp3) is 0.312. The Morgan fingerprint density at radius 1 is 1.24 bits per heavy atom. The summed E-state index contributed by atoms with van der Waals surface area (Å²) in [6.45, 7) is 2.47. The van der Waals surface area contributed by atoms with Crippen LogP contribution < -0.4 is 14.8 Å². The number of methoxy groups -OCH3 is 2. The van der Waals surface area contributed by atoms with Gasteiger partial charge < -0.3 is 14.8 Å². The van der Waals surface area contributed by atoms with Gasteiger partial charge in [0.2, 0.25) is 5.91 Å². The molecule has 2 rings (SSSR count). The maximum Gasteiger partial charge on any atom is 0.225 e. The van der Waals surface area contributed by atoms with Crippen LogP contribution in [0.25, 0.3) is 0 Å². The Hall–Kier alpha value is -2.01. The third-order valence-corrected chi connectivity index (χ3v) is 4.11. The second kappa shape index (κ2) is 7.13. The third-order valence-electron chi connectivity index (χ3n) is 3.23. The van der Waals surface area contributed by atoms with Crippen molar-refractivity contribution in [3.05, 3.63) is 45.6 Å². The average molecular weight is 305 g/mol. The van der Waals surface area contributed by atoms with Crippen LogP contribution in [-0.4, -0.2) is 20.1 Å². The van der Waals surface area contributed by atoms with E-state index in [0.29, 0.717) is 24.5 Å². The number of thiophene rings is 1. The molecule has 0 unspecified atom stereocenters. The number of ether oxygens (including phenoxy) is 2. The highest BCUT2D eigenvalue weighted by molar-refractivity contribution is 7.10. The van der Waals surface area contributed by atoms with E-state index in [4.69, 9.17) is 9.47 Å². The Balaban J connectivity index is 2.01. The molecule has 0 fully saturated rings. The van der Waals surface area contributed by atoms with Crippen molar-refractivity contribution in [2.75, 3.05) is 14.2 Å². The van der Waals surface area contributed by atoms with Gasteiger partial charge in [-0.2, -0.15) is 0 Å². The number of carbonyl (C=O) groups is 1. The first-order chi connectivity index (χ1) is 10.1. The van der Waals surface area contributed by atoms with Crippen LogP contribution in [-0.2, 0) is 17.8 Å². The van der Waals surface area contributed by atoms with Gasteiger partial charge in [0.25, 0.3) is 0 Å². The van der Waals surface area contributed by atoms with Crippen molar-refractivity contribution in [2.45, 2.75) is 19.9 Å². The van der Waals surface area contributed by atoms with Crippen molar-refractivity contribution in [1.82, 2.24) is 5.32 Å². The van der Waals surface area contributed by atoms with E-state index in [9.17, 15) is 4.79 Å². The molecule has 0 atom stereocenters. The van der Waals surface area contributed by atoms with Gasteiger partial charge in [0, 0.05) is 11.4 Å². The maximum atomic E-state index is 11.9. The van der Waals surface area contributed by atoms with Crippen molar-refractivity contribution >= 4 is 17.2 Å². The van der Waals surface area contributed by atoms with Crippen LogP contribution >= 0.6 is 11.3 Å². The van der Waals surface area contributed by atoms with Crippen LogP contribution in [0.1, 0.15) is 16.0 Å². The zero-order valence-corrected chi connectivity index (χ0v) is 13.3. The van der Waals surface area contributed by atoms with E-state index in [1.807, 2.05) is 36.6 Å². The predicted molar refractivity (Wildman–Crippen MR) is 84.2 cm³/mol. The number of hydrogen-bond donors (Lipinski definition) is 1. The minimum Gasteiger partial charge on any atom is -0.493 e. The first kappa shape index (κ1) is 15.4. The largest absolute Gasteiger partial charge is 0.493 e. The lowest BCUT2D eigenvalue weighted by Gasteiger charge is -2.13. The van der Waals surface area contributed by atoms with E-state index in [1.54, 1.807) is 25.6 Å². The number of aryl methyl sites for hydroxylation is 1. The molecule has 5 heteroatoms. The van der Waals surface area contributed by atoms with Gasteiger partial charge in [-0.15, -0.1) is 11.3 Å². The van der Waals surface area contributed by atoms with Gasteiger partial charge in [0.15, 0.2) is 11.5 Å². The van der Waals surface area contributed by atoms with Gasteiger partial charge in [0.05, 0.1) is 20.6 Å². The molecule has 0 saturated carbocycles. The summed E-state index contributed by atoms with van der Waals surface area (Å²) in [6.07, 6.45) is 0.421. The fourth-order valence-corrected chi connectivity index (χ4v) is 2.74. The minimum atomic E-state index is 0.0200. The molecule has 0 saturated heterocycles. The van der Waals surface area contributed by atoms with E-state index in [-0.39, 0.29) is 5.91 Å². The molecule has 0 spiro atoms. The number of amides is 1. The molecule has 2 aromatic rings. The molecule has 112 valence electrons. The highest BCUT2D eigenvalue weighted by Gasteiger charge is 2.10. The van der Waals surface area contributed by atoms with Gasteiger partial charge in [-0.3, -0.25) is 4.79 Å². The highest BCUT2D eigenvalue weighted by Crippen LogP contribution is 2.30. The van der Waals surface area contributed by atoms with Gasteiger partial charge >= 0.3 is 0 Å². The first-order valence-corrected chi connectivity index (χ1v) is 7.52. The van der Waals surface area contributed by atoms with E-state index >= 15 is 0 Å².